The van der Waals surface area contributed by atoms with Gasteiger partial charge in [-0.2, -0.15) is 11.8 Å². The second kappa shape index (κ2) is 5.25. The van der Waals surface area contributed by atoms with Crippen molar-refractivity contribution in [3.8, 4) is 0 Å². The van der Waals surface area contributed by atoms with Gasteiger partial charge in [0.05, 0.1) is 0 Å². The van der Waals surface area contributed by atoms with Crippen LogP contribution in [0, 0.1) is 11.7 Å². The number of hydrogen-bond donors (Lipinski definition) is 1. The number of hydrogen-bond acceptors (Lipinski definition) is 2. The first-order chi connectivity index (χ1) is 6.59. The Bertz CT molecular complexity index is 299. The average molecular weight is 213 g/mol. The highest BCUT2D eigenvalue weighted by molar-refractivity contribution is 7.98. The average Bonchev–Trinajstić information content (AvgIpc) is 2.10. The van der Waals surface area contributed by atoms with E-state index in [0.717, 1.165) is 17.1 Å². The van der Waals surface area contributed by atoms with Gasteiger partial charge in [-0.3, -0.25) is 0 Å². The van der Waals surface area contributed by atoms with E-state index in [4.69, 9.17) is 5.73 Å². The van der Waals surface area contributed by atoms with Gasteiger partial charge in [-0.25, -0.2) is 4.39 Å². The van der Waals surface area contributed by atoms with Crippen molar-refractivity contribution in [1.29, 1.82) is 0 Å². The van der Waals surface area contributed by atoms with Gasteiger partial charge in [0, 0.05) is 11.4 Å². The van der Waals surface area contributed by atoms with Crippen LogP contribution in [0.3, 0.4) is 0 Å². The Morgan fingerprint density at radius 1 is 1.43 bits per heavy atom. The maximum atomic E-state index is 12.9. The van der Waals surface area contributed by atoms with Crippen LogP contribution in [-0.2, 0) is 5.75 Å². The van der Waals surface area contributed by atoms with Gasteiger partial charge in [0.2, 0.25) is 0 Å². The lowest BCUT2D eigenvalue weighted by Gasteiger charge is -2.07. The maximum absolute atomic E-state index is 12.9. The van der Waals surface area contributed by atoms with E-state index in [1.54, 1.807) is 17.8 Å². The fourth-order valence-corrected chi connectivity index (χ4v) is 2.16. The first kappa shape index (κ1) is 11.4. The summed E-state index contributed by atoms with van der Waals surface area (Å²) in [5.41, 5.74) is 7.31. The van der Waals surface area contributed by atoms with Gasteiger partial charge in [-0.05, 0) is 35.4 Å². The number of nitrogen functional groups attached to an aromatic ring is 1. The number of halogens is 1. The van der Waals surface area contributed by atoms with Crippen molar-refractivity contribution in [2.75, 3.05) is 11.5 Å². The smallest absolute Gasteiger partial charge is 0.123 e. The summed E-state index contributed by atoms with van der Waals surface area (Å²) in [6, 6.07) is 4.54. The predicted octanol–water partition coefficient (Wildman–Crippen LogP) is 3.30. The third-order valence-electron chi connectivity index (χ3n) is 1.81. The molecular weight excluding hydrogens is 197 g/mol. The number of rotatable bonds is 4. The number of anilines is 1. The Balaban J connectivity index is 2.53. The fraction of sp³-hybridized carbons (Fsp3) is 0.455. The summed E-state index contributed by atoms with van der Waals surface area (Å²) < 4.78 is 12.9. The largest absolute Gasteiger partial charge is 0.398 e. The van der Waals surface area contributed by atoms with Gasteiger partial charge in [-0.15, -0.1) is 0 Å². The summed E-state index contributed by atoms with van der Waals surface area (Å²) in [5.74, 6) is 2.33. The summed E-state index contributed by atoms with van der Waals surface area (Å²) in [6.45, 7) is 4.34. The van der Waals surface area contributed by atoms with Crippen molar-refractivity contribution < 1.29 is 4.39 Å². The molecule has 0 saturated carbocycles. The molecule has 0 fully saturated rings. The summed E-state index contributed by atoms with van der Waals surface area (Å²) in [5, 5.41) is 0. The lowest BCUT2D eigenvalue weighted by Crippen LogP contribution is -1.96. The Hall–Kier alpha value is -0.700. The highest BCUT2D eigenvalue weighted by Crippen LogP contribution is 2.21. The minimum atomic E-state index is -0.209. The molecule has 0 saturated heterocycles. The monoisotopic (exact) mass is 213 g/mol. The van der Waals surface area contributed by atoms with Gasteiger partial charge >= 0.3 is 0 Å². The summed E-state index contributed by atoms with van der Waals surface area (Å²) in [6.07, 6.45) is 0. The molecule has 0 aliphatic carbocycles. The van der Waals surface area contributed by atoms with Crippen LogP contribution in [0.4, 0.5) is 10.1 Å². The van der Waals surface area contributed by atoms with Crippen molar-refractivity contribution in [1.82, 2.24) is 0 Å². The van der Waals surface area contributed by atoms with E-state index in [1.807, 2.05) is 0 Å². The molecule has 78 valence electrons. The second-order valence-corrected chi connectivity index (χ2v) is 4.78. The van der Waals surface area contributed by atoms with Crippen molar-refractivity contribution in [2.24, 2.45) is 5.92 Å². The molecule has 0 aliphatic heterocycles. The highest BCUT2D eigenvalue weighted by Gasteiger charge is 2.02. The molecule has 0 amide bonds. The third-order valence-corrected chi connectivity index (χ3v) is 3.23. The standard InChI is InChI=1S/C11H16FNS/c1-8(2)6-14-7-9-5-10(12)3-4-11(9)13/h3-5,8H,6-7,13H2,1-2H3. The fourth-order valence-electron chi connectivity index (χ4n) is 1.10. The van der Waals surface area contributed by atoms with Crippen LogP contribution in [0.15, 0.2) is 18.2 Å². The molecule has 0 unspecified atom stereocenters. The molecule has 1 aromatic rings. The van der Waals surface area contributed by atoms with Gasteiger partial charge in [0.25, 0.3) is 0 Å². The minimum Gasteiger partial charge on any atom is -0.398 e. The maximum Gasteiger partial charge on any atom is 0.123 e. The van der Waals surface area contributed by atoms with Crippen LogP contribution in [0.25, 0.3) is 0 Å². The van der Waals surface area contributed by atoms with Crippen molar-refractivity contribution in [2.45, 2.75) is 19.6 Å². The van der Waals surface area contributed by atoms with Crippen LogP contribution in [0.1, 0.15) is 19.4 Å². The van der Waals surface area contributed by atoms with E-state index in [0.29, 0.717) is 11.6 Å². The second-order valence-electron chi connectivity index (χ2n) is 3.75. The van der Waals surface area contributed by atoms with Crippen LogP contribution >= 0.6 is 11.8 Å². The van der Waals surface area contributed by atoms with Crippen molar-refractivity contribution in [3.63, 3.8) is 0 Å². The van der Waals surface area contributed by atoms with Crippen LogP contribution in [0.2, 0.25) is 0 Å². The molecule has 2 N–H and O–H groups in total. The van der Waals surface area contributed by atoms with Crippen LogP contribution in [-0.4, -0.2) is 5.75 Å². The molecule has 0 spiro atoms. The molecule has 0 heterocycles. The summed E-state index contributed by atoms with van der Waals surface area (Å²) in [7, 11) is 0. The molecule has 1 nitrogen and oxygen atoms in total. The first-order valence-electron chi connectivity index (χ1n) is 4.71. The zero-order chi connectivity index (χ0) is 10.6. The Morgan fingerprint density at radius 2 is 2.14 bits per heavy atom. The van der Waals surface area contributed by atoms with E-state index in [2.05, 4.69) is 13.8 Å². The first-order valence-corrected chi connectivity index (χ1v) is 5.86. The van der Waals surface area contributed by atoms with E-state index < -0.39 is 0 Å². The highest BCUT2D eigenvalue weighted by atomic mass is 32.2. The van der Waals surface area contributed by atoms with Gasteiger partial charge in [-0.1, -0.05) is 13.8 Å². The topological polar surface area (TPSA) is 26.0 Å². The molecule has 1 aromatic carbocycles. The minimum absolute atomic E-state index is 0.209. The number of nitrogens with two attached hydrogens (primary N) is 1. The Labute approximate surface area is 88.9 Å². The molecule has 0 bridgehead atoms. The van der Waals surface area contributed by atoms with Crippen molar-refractivity contribution in [3.05, 3.63) is 29.6 Å². The normalized spacial score (nSPS) is 10.9. The summed E-state index contributed by atoms with van der Waals surface area (Å²) >= 11 is 1.79. The van der Waals surface area contributed by atoms with Gasteiger partial charge < -0.3 is 5.73 Å². The molecule has 0 atom stereocenters. The molecule has 3 heteroatoms. The molecule has 0 aliphatic rings. The SMILES string of the molecule is CC(C)CSCc1cc(F)ccc1N. The van der Waals surface area contributed by atoms with E-state index in [-0.39, 0.29) is 5.82 Å². The van der Waals surface area contributed by atoms with Crippen LogP contribution in [0.5, 0.6) is 0 Å². The molecule has 14 heavy (non-hydrogen) atoms. The molecule has 1 rings (SSSR count). The lowest BCUT2D eigenvalue weighted by atomic mass is 10.2. The summed E-state index contributed by atoms with van der Waals surface area (Å²) in [4.78, 5) is 0. The van der Waals surface area contributed by atoms with E-state index >= 15 is 0 Å². The zero-order valence-corrected chi connectivity index (χ0v) is 9.40. The molecule has 0 radical (unpaired) electrons. The van der Waals surface area contributed by atoms with E-state index in [9.17, 15) is 4.39 Å². The Morgan fingerprint density at radius 3 is 2.79 bits per heavy atom. The Kier molecular flexibility index (Phi) is 4.26. The zero-order valence-electron chi connectivity index (χ0n) is 8.59. The number of thioether (sulfide) groups is 1. The third kappa shape index (κ3) is 3.58. The molecular formula is C11H16FNS. The number of benzene rings is 1. The molecule has 0 aromatic heterocycles. The van der Waals surface area contributed by atoms with Crippen LogP contribution < -0.4 is 5.73 Å². The predicted molar refractivity (Wildman–Crippen MR) is 61.8 cm³/mol. The van der Waals surface area contributed by atoms with Gasteiger partial charge in [0.15, 0.2) is 0 Å². The quantitative estimate of drug-likeness (QED) is 0.777. The van der Waals surface area contributed by atoms with E-state index in [1.165, 1.54) is 12.1 Å². The van der Waals surface area contributed by atoms with Gasteiger partial charge in [0.1, 0.15) is 5.82 Å². The lowest BCUT2D eigenvalue weighted by molar-refractivity contribution is 0.627. The van der Waals surface area contributed by atoms with Crippen molar-refractivity contribution >= 4 is 17.4 Å².